The van der Waals surface area contributed by atoms with Crippen molar-refractivity contribution in [2.75, 3.05) is 25.1 Å². The summed E-state index contributed by atoms with van der Waals surface area (Å²) in [6.45, 7) is 5.65. The highest BCUT2D eigenvalue weighted by Gasteiger charge is 2.04. The fourth-order valence-corrected chi connectivity index (χ4v) is 2.98. The fraction of sp³-hybridized carbons (Fsp3) is 0.269. The number of hydrogen-bond donors (Lipinski definition) is 2. The third kappa shape index (κ3) is 8.32. The Morgan fingerprint density at radius 3 is 2.22 bits per heavy atom. The van der Waals surface area contributed by atoms with E-state index in [4.69, 9.17) is 14.2 Å². The minimum absolute atomic E-state index is 0.116. The fourth-order valence-electron chi connectivity index (χ4n) is 2.98. The van der Waals surface area contributed by atoms with Gasteiger partial charge in [0.2, 0.25) is 5.91 Å². The van der Waals surface area contributed by atoms with E-state index in [1.54, 1.807) is 6.07 Å². The molecule has 0 radical (unpaired) electrons. The smallest absolute Gasteiger partial charge is 0.238 e. The first-order chi connectivity index (χ1) is 15.6. The van der Waals surface area contributed by atoms with Gasteiger partial charge in [-0.25, -0.2) is 0 Å². The van der Waals surface area contributed by atoms with E-state index in [2.05, 4.69) is 10.6 Å². The molecule has 0 aliphatic rings. The summed E-state index contributed by atoms with van der Waals surface area (Å²) < 4.78 is 17.0. The van der Waals surface area contributed by atoms with E-state index in [-0.39, 0.29) is 18.6 Å². The maximum absolute atomic E-state index is 12.3. The van der Waals surface area contributed by atoms with Crippen molar-refractivity contribution in [2.45, 2.75) is 26.5 Å². The zero-order valence-corrected chi connectivity index (χ0v) is 18.5. The topological polar surface area (TPSA) is 68.8 Å². The lowest BCUT2D eigenvalue weighted by Gasteiger charge is -2.11. The molecule has 168 valence electrons. The van der Waals surface area contributed by atoms with Crippen LogP contribution in [0.3, 0.4) is 0 Å². The van der Waals surface area contributed by atoms with Gasteiger partial charge < -0.3 is 24.8 Å². The van der Waals surface area contributed by atoms with Crippen molar-refractivity contribution in [1.29, 1.82) is 0 Å². The first kappa shape index (κ1) is 23.2. The normalized spacial score (nSPS) is 10.6. The van der Waals surface area contributed by atoms with E-state index < -0.39 is 0 Å². The Morgan fingerprint density at radius 1 is 0.812 bits per heavy atom. The molecule has 2 N–H and O–H groups in total. The van der Waals surface area contributed by atoms with Crippen molar-refractivity contribution >= 4 is 11.6 Å². The molecule has 1 amide bonds. The molecule has 0 bridgehead atoms. The maximum Gasteiger partial charge on any atom is 0.238 e. The highest BCUT2D eigenvalue weighted by Crippen LogP contribution is 2.18. The molecule has 32 heavy (non-hydrogen) atoms. The molecule has 0 aliphatic carbocycles. The standard InChI is InChI=1S/C26H30N2O4/c1-20(2)32-24-13-11-21(12-14-24)18-27-19-26(29)28-22-7-6-10-25(17-22)31-16-15-30-23-8-4-3-5-9-23/h3-14,17,20,27H,15-16,18-19H2,1-2H3,(H,28,29). The quantitative estimate of drug-likeness (QED) is 0.406. The molecule has 0 heterocycles. The Hall–Kier alpha value is -3.51. The summed E-state index contributed by atoms with van der Waals surface area (Å²) in [7, 11) is 0. The average molecular weight is 435 g/mol. The molecular formula is C26H30N2O4. The minimum Gasteiger partial charge on any atom is -0.491 e. The van der Waals surface area contributed by atoms with Gasteiger partial charge >= 0.3 is 0 Å². The molecule has 0 atom stereocenters. The Balaban J connectivity index is 1.36. The molecule has 0 unspecified atom stereocenters. The number of benzene rings is 3. The zero-order chi connectivity index (χ0) is 22.6. The van der Waals surface area contributed by atoms with Crippen LogP contribution in [0.4, 0.5) is 5.69 Å². The Bertz CT molecular complexity index is 959. The van der Waals surface area contributed by atoms with Crippen LogP contribution in [0.25, 0.3) is 0 Å². The second-order valence-corrected chi connectivity index (χ2v) is 7.50. The van der Waals surface area contributed by atoms with Crippen molar-refractivity contribution in [3.63, 3.8) is 0 Å². The number of rotatable bonds is 12. The van der Waals surface area contributed by atoms with Crippen molar-refractivity contribution in [3.05, 3.63) is 84.4 Å². The summed E-state index contributed by atoms with van der Waals surface area (Å²) >= 11 is 0. The zero-order valence-electron chi connectivity index (χ0n) is 18.5. The predicted molar refractivity (Wildman–Crippen MR) is 126 cm³/mol. The third-order valence-electron chi connectivity index (χ3n) is 4.39. The number of ether oxygens (including phenoxy) is 3. The SMILES string of the molecule is CC(C)Oc1ccc(CNCC(=O)Nc2cccc(OCCOc3ccccc3)c2)cc1. The molecule has 3 rings (SSSR count). The van der Waals surface area contributed by atoms with Gasteiger partial charge in [0.1, 0.15) is 30.5 Å². The highest BCUT2D eigenvalue weighted by molar-refractivity contribution is 5.92. The van der Waals surface area contributed by atoms with Gasteiger partial charge in [0, 0.05) is 18.3 Å². The Morgan fingerprint density at radius 2 is 1.50 bits per heavy atom. The van der Waals surface area contributed by atoms with Crippen molar-refractivity contribution < 1.29 is 19.0 Å². The van der Waals surface area contributed by atoms with Crippen LogP contribution in [-0.2, 0) is 11.3 Å². The molecule has 0 aliphatic heterocycles. The van der Waals surface area contributed by atoms with Crippen molar-refractivity contribution in [1.82, 2.24) is 5.32 Å². The second kappa shape index (κ2) is 12.4. The van der Waals surface area contributed by atoms with E-state index in [0.29, 0.717) is 31.2 Å². The van der Waals surface area contributed by atoms with Crippen LogP contribution in [0.5, 0.6) is 17.2 Å². The summed E-state index contributed by atoms with van der Waals surface area (Å²) in [5.74, 6) is 2.21. The van der Waals surface area contributed by atoms with Crippen LogP contribution in [0.2, 0.25) is 0 Å². The summed E-state index contributed by atoms with van der Waals surface area (Å²) in [5, 5.41) is 6.04. The molecule has 0 saturated carbocycles. The van der Waals surface area contributed by atoms with Gasteiger partial charge in [-0.1, -0.05) is 36.4 Å². The predicted octanol–water partition coefficient (Wildman–Crippen LogP) is 4.66. The number of hydrogen-bond acceptors (Lipinski definition) is 5. The lowest BCUT2D eigenvalue weighted by molar-refractivity contribution is -0.115. The van der Waals surface area contributed by atoms with Gasteiger partial charge in [-0.05, 0) is 55.8 Å². The lowest BCUT2D eigenvalue weighted by Crippen LogP contribution is -2.27. The molecule has 0 fully saturated rings. The first-order valence-electron chi connectivity index (χ1n) is 10.8. The van der Waals surface area contributed by atoms with Crippen LogP contribution in [-0.4, -0.2) is 31.8 Å². The van der Waals surface area contributed by atoms with Gasteiger partial charge in [0.05, 0.1) is 12.6 Å². The second-order valence-electron chi connectivity index (χ2n) is 7.50. The van der Waals surface area contributed by atoms with Crippen molar-refractivity contribution in [3.8, 4) is 17.2 Å². The number of amides is 1. The first-order valence-corrected chi connectivity index (χ1v) is 10.8. The van der Waals surface area contributed by atoms with E-state index in [9.17, 15) is 4.79 Å². The van der Waals surface area contributed by atoms with E-state index in [1.165, 1.54) is 0 Å². The van der Waals surface area contributed by atoms with E-state index >= 15 is 0 Å². The molecule has 0 aromatic heterocycles. The summed E-state index contributed by atoms with van der Waals surface area (Å²) in [5.41, 5.74) is 1.77. The number of para-hydroxylation sites is 1. The lowest BCUT2D eigenvalue weighted by atomic mass is 10.2. The molecule has 3 aromatic carbocycles. The van der Waals surface area contributed by atoms with Gasteiger partial charge in [0.15, 0.2) is 0 Å². The van der Waals surface area contributed by atoms with Gasteiger partial charge in [-0.2, -0.15) is 0 Å². The number of carbonyl (C=O) groups is 1. The monoisotopic (exact) mass is 434 g/mol. The number of nitrogens with one attached hydrogen (secondary N) is 2. The molecule has 0 spiro atoms. The third-order valence-corrected chi connectivity index (χ3v) is 4.39. The molecular weight excluding hydrogens is 404 g/mol. The number of anilines is 1. The largest absolute Gasteiger partial charge is 0.491 e. The summed E-state index contributed by atoms with van der Waals surface area (Å²) in [4.78, 5) is 12.3. The van der Waals surface area contributed by atoms with Crippen molar-refractivity contribution in [2.24, 2.45) is 0 Å². The molecule has 0 saturated heterocycles. The highest BCUT2D eigenvalue weighted by atomic mass is 16.5. The van der Waals surface area contributed by atoms with Gasteiger partial charge in [-0.3, -0.25) is 4.79 Å². The van der Waals surface area contributed by atoms with Gasteiger partial charge in [-0.15, -0.1) is 0 Å². The van der Waals surface area contributed by atoms with E-state index in [0.717, 1.165) is 17.1 Å². The minimum atomic E-state index is -0.116. The van der Waals surface area contributed by atoms with Crippen LogP contribution >= 0.6 is 0 Å². The molecule has 3 aromatic rings. The van der Waals surface area contributed by atoms with Crippen LogP contribution in [0, 0.1) is 0 Å². The maximum atomic E-state index is 12.3. The average Bonchev–Trinajstić information content (AvgIpc) is 2.78. The Kier molecular flexibility index (Phi) is 8.95. The van der Waals surface area contributed by atoms with Gasteiger partial charge in [0.25, 0.3) is 0 Å². The molecule has 6 heteroatoms. The number of carbonyl (C=O) groups excluding carboxylic acids is 1. The van der Waals surface area contributed by atoms with E-state index in [1.807, 2.05) is 86.6 Å². The Labute approximate surface area is 189 Å². The van der Waals surface area contributed by atoms with Crippen LogP contribution < -0.4 is 24.8 Å². The molecule has 6 nitrogen and oxygen atoms in total. The summed E-state index contributed by atoms with van der Waals surface area (Å²) in [6.07, 6.45) is 0.147. The van der Waals surface area contributed by atoms with Crippen LogP contribution in [0.1, 0.15) is 19.4 Å². The summed E-state index contributed by atoms with van der Waals surface area (Å²) in [6, 6.07) is 24.8. The van der Waals surface area contributed by atoms with Crippen LogP contribution in [0.15, 0.2) is 78.9 Å².